The van der Waals surface area contributed by atoms with Crippen LogP contribution in [0.15, 0.2) is 18.2 Å². The number of hydrogen-bond donors (Lipinski definition) is 3. The molecular weight excluding hydrogens is 258 g/mol. The molecular formula is C14H21N3OS. The number of hydrogen-bond acceptors (Lipinski definition) is 2. The number of carbonyl (C=O) groups excluding carboxylic acids is 1. The van der Waals surface area contributed by atoms with Gasteiger partial charge in [-0.25, -0.2) is 0 Å². The molecule has 1 aromatic carbocycles. The highest BCUT2D eigenvalue weighted by Gasteiger charge is 2.06. The Morgan fingerprint density at radius 2 is 2.00 bits per heavy atom. The van der Waals surface area contributed by atoms with Gasteiger partial charge in [-0.2, -0.15) is 0 Å². The average Bonchev–Trinajstić information content (AvgIpc) is 2.32. The standard InChI is InChI=1S/C14H21N3OS/c1-9(2)16-13(18)8-15-14(19)17-12-7-5-6-10(3)11(12)4/h5-7,9H,8H2,1-4H3,(H,16,18)(H2,15,17,19). The number of benzene rings is 1. The highest BCUT2D eigenvalue weighted by atomic mass is 32.1. The monoisotopic (exact) mass is 279 g/mol. The predicted octanol–water partition coefficient (Wildman–Crippen LogP) is 2.11. The van der Waals surface area contributed by atoms with E-state index in [9.17, 15) is 4.79 Å². The molecule has 1 amide bonds. The quantitative estimate of drug-likeness (QED) is 0.739. The number of amides is 1. The first kappa shape index (κ1) is 15.4. The van der Waals surface area contributed by atoms with E-state index in [-0.39, 0.29) is 18.5 Å². The molecule has 0 bridgehead atoms. The molecule has 0 radical (unpaired) electrons. The lowest BCUT2D eigenvalue weighted by molar-refractivity contribution is -0.120. The SMILES string of the molecule is Cc1cccc(NC(=S)NCC(=O)NC(C)C)c1C. The molecule has 1 rings (SSSR count). The second-order valence-electron chi connectivity index (χ2n) is 4.78. The molecule has 0 saturated heterocycles. The van der Waals surface area contributed by atoms with Gasteiger partial charge < -0.3 is 16.0 Å². The largest absolute Gasteiger partial charge is 0.353 e. The molecule has 19 heavy (non-hydrogen) atoms. The van der Waals surface area contributed by atoms with E-state index in [4.69, 9.17) is 12.2 Å². The zero-order valence-corrected chi connectivity index (χ0v) is 12.6. The summed E-state index contributed by atoms with van der Waals surface area (Å²) in [5, 5.41) is 9.24. The van der Waals surface area contributed by atoms with E-state index in [2.05, 4.69) is 16.0 Å². The topological polar surface area (TPSA) is 53.2 Å². The number of anilines is 1. The second kappa shape index (κ2) is 7.09. The van der Waals surface area contributed by atoms with E-state index in [0.29, 0.717) is 5.11 Å². The lowest BCUT2D eigenvalue weighted by Crippen LogP contribution is -2.41. The minimum Gasteiger partial charge on any atom is -0.353 e. The van der Waals surface area contributed by atoms with Crippen LogP contribution in [0.5, 0.6) is 0 Å². The Balaban J connectivity index is 2.48. The summed E-state index contributed by atoms with van der Waals surface area (Å²) in [4.78, 5) is 11.5. The fourth-order valence-electron chi connectivity index (χ4n) is 1.59. The van der Waals surface area contributed by atoms with Crippen molar-refractivity contribution in [2.45, 2.75) is 33.7 Å². The van der Waals surface area contributed by atoms with Gasteiger partial charge in [-0.05, 0) is 57.1 Å². The highest BCUT2D eigenvalue weighted by molar-refractivity contribution is 7.80. The van der Waals surface area contributed by atoms with Crippen LogP contribution in [-0.4, -0.2) is 23.6 Å². The Morgan fingerprint density at radius 3 is 2.63 bits per heavy atom. The van der Waals surface area contributed by atoms with Gasteiger partial charge in [0.25, 0.3) is 0 Å². The third-order valence-electron chi connectivity index (χ3n) is 2.71. The molecule has 0 unspecified atom stereocenters. The Morgan fingerprint density at radius 1 is 1.32 bits per heavy atom. The zero-order chi connectivity index (χ0) is 14.4. The zero-order valence-electron chi connectivity index (χ0n) is 11.8. The van der Waals surface area contributed by atoms with Crippen LogP contribution in [0.1, 0.15) is 25.0 Å². The number of nitrogens with one attached hydrogen (secondary N) is 3. The highest BCUT2D eigenvalue weighted by Crippen LogP contribution is 2.17. The number of carbonyl (C=O) groups is 1. The van der Waals surface area contributed by atoms with Gasteiger partial charge in [0.2, 0.25) is 5.91 Å². The second-order valence-corrected chi connectivity index (χ2v) is 5.19. The number of rotatable bonds is 4. The van der Waals surface area contributed by atoms with Crippen molar-refractivity contribution in [2.24, 2.45) is 0 Å². The Labute approximate surface area is 120 Å². The molecule has 0 atom stereocenters. The summed E-state index contributed by atoms with van der Waals surface area (Å²) in [7, 11) is 0. The van der Waals surface area contributed by atoms with Gasteiger partial charge >= 0.3 is 0 Å². The Kier molecular flexibility index (Phi) is 5.76. The molecule has 0 heterocycles. The van der Waals surface area contributed by atoms with Crippen LogP contribution in [0.4, 0.5) is 5.69 Å². The van der Waals surface area contributed by atoms with E-state index >= 15 is 0 Å². The molecule has 104 valence electrons. The average molecular weight is 279 g/mol. The predicted molar refractivity (Wildman–Crippen MR) is 83.4 cm³/mol. The minimum atomic E-state index is -0.0693. The van der Waals surface area contributed by atoms with Gasteiger partial charge in [0, 0.05) is 11.7 Å². The molecule has 4 nitrogen and oxygen atoms in total. The Hall–Kier alpha value is -1.62. The van der Waals surface area contributed by atoms with Crippen molar-refractivity contribution < 1.29 is 4.79 Å². The fraction of sp³-hybridized carbons (Fsp3) is 0.429. The van der Waals surface area contributed by atoms with E-state index in [1.54, 1.807) is 0 Å². The summed E-state index contributed by atoms with van der Waals surface area (Å²) in [6, 6.07) is 6.12. The first-order chi connectivity index (χ1) is 8.90. The summed E-state index contributed by atoms with van der Waals surface area (Å²) < 4.78 is 0. The molecule has 1 aromatic rings. The first-order valence-electron chi connectivity index (χ1n) is 6.30. The van der Waals surface area contributed by atoms with Crippen LogP contribution in [0, 0.1) is 13.8 Å². The molecule has 0 saturated carbocycles. The molecule has 0 aliphatic rings. The summed E-state index contributed by atoms with van der Waals surface area (Å²) in [5.74, 6) is -0.0693. The van der Waals surface area contributed by atoms with Crippen LogP contribution in [0.25, 0.3) is 0 Å². The number of aryl methyl sites for hydroxylation is 1. The molecule has 0 aliphatic carbocycles. The van der Waals surface area contributed by atoms with Crippen molar-refractivity contribution >= 4 is 28.9 Å². The van der Waals surface area contributed by atoms with E-state index in [1.807, 2.05) is 45.9 Å². The lowest BCUT2D eigenvalue weighted by Gasteiger charge is -2.14. The van der Waals surface area contributed by atoms with Crippen LogP contribution in [-0.2, 0) is 4.79 Å². The maximum Gasteiger partial charge on any atom is 0.239 e. The fourth-order valence-corrected chi connectivity index (χ4v) is 1.77. The van der Waals surface area contributed by atoms with Crippen molar-refractivity contribution in [1.82, 2.24) is 10.6 Å². The van der Waals surface area contributed by atoms with Crippen LogP contribution in [0.2, 0.25) is 0 Å². The number of thiocarbonyl (C=S) groups is 1. The van der Waals surface area contributed by atoms with Crippen molar-refractivity contribution in [2.75, 3.05) is 11.9 Å². The normalized spacial score (nSPS) is 10.2. The molecule has 0 aliphatic heterocycles. The van der Waals surface area contributed by atoms with Crippen LogP contribution < -0.4 is 16.0 Å². The van der Waals surface area contributed by atoms with Crippen LogP contribution >= 0.6 is 12.2 Å². The molecule has 0 spiro atoms. The van der Waals surface area contributed by atoms with Crippen molar-refractivity contribution in [3.05, 3.63) is 29.3 Å². The van der Waals surface area contributed by atoms with E-state index in [1.165, 1.54) is 5.56 Å². The van der Waals surface area contributed by atoms with E-state index < -0.39 is 0 Å². The summed E-state index contributed by atoms with van der Waals surface area (Å²) in [6.07, 6.45) is 0. The first-order valence-corrected chi connectivity index (χ1v) is 6.71. The molecule has 3 N–H and O–H groups in total. The Bertz CT molecular complexity index is 472. The van der Waals surface area contributed by atoms with Gasteiger partial charge in [-0.15, -0.1) is 0 Å². The van der Waals surface area contributed by atoms with Crippen molar-refractivity contribution in [3.8, 4) is 0 Å². The van der Waals surface area contributed by atoms with Gasteiger partial charge in [0.1, 0.15) is 0 Å². The third kappa shape index (κ3) is 5.26. The van der Waals surface area contributed by atoms with Crippen molar-refractivity contribution in [3.63, 3.8) is 0 Å². The molecule has 5 heteroatoms. The van der Waals surface area contributed by atoms with Gasteiger partial charge in [0.15, 0.2) is 5.11 Å². The minimum absolute atomic E-state index is 0.0693. The summed E-state index contributed by atoms with van der Waals surface area (Å²) >= 11 is 5.17. The lowest BCUT2D eigenvalue weighted by atomic mass is 10.1. The molecule has 0 aromatic heterocycles. The molecule has 0 fully saturated rings. The van der Waals surface area contributed by atoms with Crippen LogP contribution in [0.3, 0.4) is 0 Å². The maximum absolute atomic E-state index is 11.5. The summed E-state index contributed by atoms with van der Waals surface area (Å²) in [6.45, 7) is 8.10. The maximum atomic E-state index is 11.5. The summed E-state index contributed by atoms with van der Waals surface area (Å²) in [5.41, 5.74) is 3.31. The van der Waals surface area contributed by atoms with Crippen molar-refractivity contribution in [1.29, 1.82) is 0 Å². The van der Waals surface area contributed by atoms with Gasteiger partial charge in [-0.1, -0.05) is 12.1 Å². The third-order valence-corrected chi connectivity index (χ3v) is 2.96. The smallest absolute Gasteiger partial charge is 0.239 e. The van der Waals surface area contributed by atoms with Gasteiger partial charge in [0.05, 0.1) is 6.54 Å². The van der Waals surface area contributed by atoms with Gasteiger partial charge in [-0.3, -0.25) is 4.79 Å². The van der Waals surface area contributed by atoms with E-state index in [0.717, 1.165) is 11.3 Å².